The molecule has 0 unspecified atom stereocenters. The third-order valence-corrected chi connectivity index (χ3v) is 1.71. The number of para-hydroxylation sites is 1. The van der Waals surface area contributed by atoms with E-state index in [2.05, 4.69) is 12.6 Å². The Balaban J connectivity index is 0. The molecule has 1 rings (SSSR count). The average Bonchev–Trinajstić information content (AvgIpc) is 2.08. The minimum absolute atomic E-state index is 0. The van der Waals surface area contributed by atoms with Crippen molar-refractivity contribution in [3.8, 4) is 5.75 Å². The minimum atomic E-state index is -1.20. The van der Waals surface area contributed by atoms with E-state index in [4.69, 9.17) is 5.11 Å². The van der Waals surface area contributed by atoms with Crippen molar-refractivity contribution in [3.63, 3.8) is 0 Å². The first kappa shape index (κ1) is 17.3. The van der Waals surface area contributed by atoms with Crippen LogP contribution >= 0.6 is 0 Å². The number of benzene rings is 1. The molecule has 15 heavy (non-hydrogen) atoms. The van der Waals surface area contributed by atoms with Crippen molar-refractivity contribution in [2.75, 3.05) is 0 Å². The van der Waals surface area contributed by atoms with Gasteiger partial charge in [0.1, 0.15) is 0 Å². The van der Waals surface area contributed by atoms with Crippen molar-refractivity contribution in [1.82, 2.24) is 0 Å². The Labute approximate surface area is 124 Å². The van der Waals surface area contributed by atoms with Crippen LogP contribution in [0.25, 0.3) is 6.08 Å². The summed E-state index contributed by atoms with van der Waals surface area (Å²) in [7, 11) is 0. The zero-order valence-electron chi connectivity index (χ0n) is 7.16. The molecule has 0 aliphatic heterocycles. The number of hydrogen-bond donors (Lipinski definition) is 1. The van der Waals surface area contributed by atoms with Gasteiger partial charge in [-0.15, -0.1) is 5.75 Å². The number of carbonyl (C=O) groups is 1. The van der Waals surface area contributed by atoms with Gasteiger partial charge in [0.2, 0.25) is 0 Å². The molecule has 0 aromatic heterocycles. The molecule has 6 heteroatoms. The van der Waals surface area contributed by atoms with Gasteiger partial charge in [-0.1, -0.05) is 35.2 Å². The second-order valence-electron chi connectivity index (χ2n) is 2.35. The maximum Gasteiger partial charge on any atom is 1.00 e. The van der Waals surface area contributed by atoms with Crippen molar-refractivity contribution in [2.24, 2.45) is 0 Å². The van der Waals surface area contributed by atoms with Gasteiger partial charge in [-0.25, -0.2) is 4.79 Å². The molecule has 0 atom stereocenters. The molecule has 0 aliphatic carbocycles. The maximum atomic E-state index is 11.1. The van der Waals surface area contributed by atoms with E-state index in [1.54, 1.807) is 12.1 Å². The molecule has 0 radical (unpaired) electrons. The Morgan fingerprint density at radius 2 is 1.87 bits per heavy atom. The molecular weight excluding hydrogens is 404 g/mol. The molecular formula is C9H6Ag2O3S. The van der Waals surface area contributed by atoms with E-state index < -0.39 is 5.97 Å². The van der Waals surface area contributed by atoms with Gasteiger partial charge in [-0.2, -0.15) is 0 Å². The summed E-state index contributed by atoms with van der Waals surface area (Å²) >= 11 is 4.53. The van der Waals surface area contributed by atoms with Gasteiger partial charge in [-0.05, 0) is 5.56 Å². The molecule has 0 bridgehead atoms. The van der Waals surface area contributed by atoms with Crippen LogP contribution in [0, 0.1) is 0 Å². The predicted molar refractivity (Wildman–Crippen MR) is 48.9 cm³/mol. The normalized spacial score (nSPS) is 9.73. The molecule has 0 saturated carbocycles. The van der Waals surface area contributed by atoms with Gasteiger partial charge >= 0.3 is 50.7 Å². The predicted octanol–water partition coefficient (Wildman–Crippen LogP) is 0.728. The van der Waals surface area contributed by atoms with Crippen LogP contribution in [0.5, 0.6) is 5.75 Å². The van der Waals surface area contributed by atoms with Gasteiger partial charge in [0, 0.05) is 0 Å². The van der Waals surface area contributed by atoms with Crippen molar-refractivity contribution in [2.45, 2.75) is 0 Å². The monoisotopic (exact) mass is 408 g/mol. The van der Waals surface area contributed by atoms with E-state index in [1.165, 1.54) is 18.2 Å². The molecule has 0 aliphatic rings. The molecule has 0 fully saturated rings. The van der Waals surface area contributed by atoms with Crippen LogP contribution in [0.4, 0.5) is 0 Å². The molecule has 88 valence electrons. The second kappa shape index (κ2) is 8.13. The summed E-state index contributed by atoms with van der Waals surface area (Å²) in [6, 6.07) is 6.12. The van der Waals surface area contributed by atoms with Crippen LogP contribution in [0.15, 0.2) is 29.2 Å². The Kier molecular flexibility index (Phi) is 9.39. The van der Waals surface area contributed by atoms with E-state index in [9.17, 15) is 9.90 Å². The fraction of sp³-hybridized carbons (Fsp3) is 0. The van der Waals surface area contributed by atoms with E-state index >= 15 is 0 Å². The van der Waals surface area contributed by atoms with Crippen molar-refractivity contribution in [1.29, 1.82) is 0 Å². The topological polar surface area (TPSA) is 60.4 Å². The summed E-state index contributed by atoms with van der Waals surface area (Å²) in [6.07, 6.45) is 1.18. The van der Waals surface area contributed by atoms with Crippen LogP contribution < -0.4 is 5.11 Å². The fourth-order valence-electron chi connectivity index (χ4n) is 0.803. The van der Waals surface area contributed by atoms with E-state index in [0.29, 0.717) is 5.56 Å². The Bertz CT molecular complexity index is 366. The Morgan fingerprint density at radius 1 is 1.33 bits per heavy atom. The smallest absolute Gasteiger partial charge is 0.872 e. The SMILES string of the molecule is O=C(O)/C([S-])=C/c1ccccc1[O-].[Ag+].[Ag+]. The summed E-state index contributed by atoms with van der Waals surface area (Å²) in [5.41, 5.74) is 0.301. The first-order valence-corrected chi connectivity index (χ1v) is 3.90. The molecule has 1 aromatic rings. The molecule has 0 spiro atoms. The van der Waals surface area contributed by atoms with Gasteiger partial charge in [-0.3, -0.25) is 0 Å². The fourth-order valence-corrected chi connectivity index (χ4v) is 0.930. The molecule has 0 amide bonds. The van der Waals surface area contributed by atoms with Crippen LogP contribution in [0.1, 0.15) is 5.56 Å². The third-order valence-electron chi connectivity index (χ3n) is 1.42. The largest absolute Gasteiger partial charge is 1.00 e. The first-order chi connectivity index (χ1) is 6.11. The molecule has 0 saturated heterocycles. The molecule has 3 nitrogen and oxygen atoms in total. The minimum Gasteiger partial charge on any atom is -0.872 e. The number of carboxylic acid groups (broad SMARTS) is 1. The molecule has 1 N–H and O–H groups in total. The summed E-state index contributed by atoms with van der Waals surface area (Å²) < 4.78 is 0. The van der Waals surface area contributed by atoms with E-state index in [0.717, 1.165) is 0 Å². The van der Waals surface area contributed by atoms with Crippen molar-refractivity contribution in [3.05, 3.63) is 34.7 Å². The summed E-state index contributed by atoms with van der Waals surface area (Å²) in [5, 5.41) is 19.6. The Hall–Kier alpha value is -0.0695. The van der Waals surface area contributed by atoms with Gasteiger partial charge in [0.05, 0.1) is 0 Å². The first-order valence-electron chi connectivity index (χ1n) is 3.49. The zero-order valence-corrected chi connectivity index (χ0v) is 10.9. The number of hydrogen-bond acceptors (Lipinski definition) is 3. The van der Waals surface area contributed by atoms with Crippen LogP contribution in [-0.4, -0.2) is 11.1 Å². The van der Waals surface area contributed by atoms with Crippen LogP contribution in [0.3, 0.4) is 0 Å². The van der Waals surface area contributed by atoms with E-state index in [-0.39, 0.29) is 55.4 Å². The summed E-state index contributed by atoms with van der Waals surface area (Å²) in [6.45, 7) is 0. The van der Waals surface area contributed by atoms with Gasteiger partial charge in [0.25, 0.3) is 0 Å². The second-order valence-corrected chi connectivity index (χ2v) is 2.79. The number of aliphatic carboxylic acids is 1. The third kappa shape index (κ3) is 5.53. The van der Waals surface area contributed by atoms with Crippen molar-refractivity contribution >= 4 is 24.7 Å². The summed E-state index contributed by atoms with van der Waals surface area (Å²) in [4.78, 5) is 10.1. The molecule has 1 aromatic carbocycles. The van der Waals surface area contributed by atoms with Crippen LogP contribution in [0.2, 0.25) is 0 Å². The standard InChI is InChI=1S/C9H8O3S.2Ag/c10-7-4-2-1-3-6(7)5-8(13)9(11)12;;/h1-5,10,13H,(H,11,12);;/q;2*+1/p-2/b8-5-;;. The van der Waals surface area contributed by atoms with Crippen molar-refractivity contribution < 1.29 is 59.8 Å². The molecule has 0 heterocycles. The van der Waals surface area contributed by atoms with Gasteiger partial charge < -0.3 is 22.8 Å². The van der Waals surface area contributed by atoms with Gasteiger partial charge in [0.15, 0.2) is 0 Å². The number of rotatable bonds is 2. The quantitative estimate of drug-likeness (QED) is 0.444. The van der Waals surface area contributed by atoms with Crippen LogP contribution in [-0.2, 0) is 62.2 Å². The number of carboxylic acids is 1. The average molecular weight is 410 g/mol. The zero-order chi connectivity index (χ0) is 9.84. The maximum absolute atomic E-state index is 11.1. The Morgan fingerprint density at radius 3 is 2.33 bits per heavy atom. The summed E-state index contributed by atoms with van der Waals surface area (Å²) in [5.74, 6) is -1.43. The van der Waals surface area contributed by atoms with E-state index in [1.807, 2.05) is 0 Å².